The molecule has 0 saturated heterocycles. The quantitative estimate of drug-likeness (QED) is 0.551. The van der Waals surface area contributed by atoms with Gasteiger partial charge < -0.3 is 9.67 Å². The smallest absolute Gasteiger partial charge is 0.354 e. The van der Waals surface area contributed by atoms with Crippen LogP contribution in [0.4, 0.5) is 4.39 Å². The average Bonchev–Trinajstić information content (AvgIpc) is 2.98. The molecule has 0 aliphatic rings. The predicted octanol–water partition coefficient (Wildman–Crippen LogP) is 4.29. The highest BCUT2D eigenvalue weighted by Gasteiger charge is 2.23. The normalized spacial score (nSPS) is 11.0. The lowest BCUT2D eigenvalue weighted by molar-refractivity contribution is 0.0685. The van der Waals surface area contributed by atoms with Gasteiger partial charge in [-0.25, -0.2) is 14.8 Å². The molecule has 0 atom stereocenters. The van der Waals surface area contributed by atoms with Gasteiger partial charge in [-0.1, -0.05) is 42.5 Å². The minimum atomic E-state index is -1.10. The summed E-state index contributed by atoms with van der Waals surface area (Å²) in [5.41, 5.74) is 1.48. The molecule has 5 nitrogen and oxygen atoms in total. The Hall–Kier alpha value is -3.54. The average molecular weight is 361 g/mol. The number of aromatic nitrogens is 3. The number of carbonyl (C=O) groups is 1. The Kier molecular flexibility index (Phi) is 4.16. The number of hydrogen-bond donors (Lipinski definition) is 1. The van der Waals surface area contributed by atoms with Gasteiger partial charge in [-0.2, -0.15) is 4.39 Å². The summed E-state index contributed by atoms with van der Waals surface area (Å²) in [7, 11) is 0. The molecule has 4 aromatic rings. The molecule has 0 unspecified atom stereocenters. The lowest BCUT2D eigenvalue weighted by Gasteiger charge is -2.13. The lowest BCUT2D eigenvalue weighted by atomic mass is 10.0. The fourth-order valence-electron chi connectivity index (χ4n) is 3.36. The van der Waals surface area contributed by atoms with Gasteiger partial charge in [0, 0.05) is 6.20 Å². The molecule has 134 valence electrons. The van der Waals surface area contributed by atoms with Crippen LogP contribution in [-0.2, 0) is 6.54 Å². The summed E-state index contributed by atoms with van der Waals surface area (Å²) in [6.07, 6.45) is 1.35. The molecule has 2 heterocycles. The van der Waals surface area contributed by atoms with E-state index in [0.717, 1.165) is 16.3 Å². The Bertz CT molecular complexity index is 1160. The summed E-state index contributed by atoms with van der Waals surface area (Å²) in [6, 6.07) is 16.9. The Morgan fingerprint density at radius 3 is 2.67 bits per heavy atom. The van der Waals surface area contributed by atoms with Crippen molar-refractivity contribution < 1.29 is 14.3 Å². The van der Waals surface area contributed by atoms with E-state index in [4.69, 9.17) is 0 Å². The van der Waals surface area contributed by atoms with Gasteiger partial charge in [0.25, 0.3) is 0 Å². The van der Waals surface area contributed by atoms with Gasteiger partial charge in [0.15, 0.2) is 5.69 Å². The summed E-state index contributed by atoms with van der Waals surface area (Å²) in [5.74, 6) is -1.53. The summed E-state index contributed by atoms with van der Waals surface area (Å²) in [5, 5.41) is 11.8. The van der Waals surface area contributed by atoms with Crippen LogP contribution in [-0.4, -0.2) is 25.6 Å². The SMILES string of the molecule is Cc1nc(-c2cccnc2F)n(Cc2cccc3ccccc23)c1C(=O)O. The van der Waals surface area contributed by atoms with Crippen LogP contribution in [0.3, 0.4) is 0 Å². The van der Waals surface area contributed by atoms with E-state index < -0.39 is 11.9 Å². The Morgan fingerprint density at radius 1 is 1.11 bits per heavy atom. The molecule has 0 bridgehead atoms. The first-order valence-electron chi connectivity index (χ1n) is 8.44. The van der Waals surface area contributed by atoms with E-state index in [2.05, 4.69) is 9.97 Å². The maximum absolute atomic E-state index is 14.3. The number of imidazole rings is 1. The minimum Gasteiger partial charge on any atom is -0.477 e. The summed E-state index contributed by atoms with van der Waals surface area (Å²) in [6.45, 7) is 1.87. The van der Waals surface area contributed by atoms with Crippen molar-refractivity contribution in [1.29, 1.82) is 0 Å². The fourth-order valence-corrected chi connectivity index (χ4v) is 3.36. The highest BCUT2D eigenvalue weighted by atomic mass is 19.1. The monoisotopic (exact) mass is 361 g/mol. The number of halogens is 1. The van der Waals surface area contributed by atoms with Crippen molar-refractivity contribution in [1.82, 2.24) is 14.5 Å². The van der Waals surface area contributed by atoms with Crippen molar-refractivity contribution in [2.24, 2.45) is 0 Å². The van der Waals surface area contributed by atoms with Crippen LogP contribution in [0, 0.1) is 12.9 Å². The molecular formula is C21H16FN3O2. The Balaban J connectivity index is 1.94. The first kappa shape index (κ1) is 16.9. The van der Waals surface area contributed by atoms with Gasteiger partial charge >= 0.3 is 5.97 Å². The molecule has 2 aromatic carbocycles. The molecule has 27 heavy (non-hydrogen) atoms. The molecule has 0 saturated carbocycles. The maximum Gasteiger partial charge on any atom is 0.354 e. The van der Waals surface area contributed by atoms with Crippen LogP contribution in [0.1, 0.15) is 21.7 Å². The molecule has 0 fully saturated rings. The molecular weight excluding hydrogens is 345 g/mol. The summed E-state index contributed by atoms with van der Waals surface area (Å²) in [4.78, 5) is 19.9. The van der Waals surface area contributed by atoms with Gasteiger partial charge in [-0.15, -0.1) is 0 Å². The molecule has 0 radical (unpaired) electrons. The third kappa shape index (κ3) is 2.95. The van der Waals surface area contributed by atoms with Crippen LogP contribution < -0.4 is 0 Å². The van der Waals surface area contributed by atoms with Gasteiger partial charge in [-0.05, 0) is 35.4 Å². The third-order valence-electron chi connectivity index (χ3n) is 4.55. The number of aryl methyl sites for hydroxylation is 1. The zero-order valence-corrected chi connectivity index (χ0v) is 14.6. The maximum atomic E-state index is 14.3. The number of nitrogens with zero attached hydrogens (tertiary/aromatic N) is 3. The first-order chi connectivity index (χ1) is 13.1. The van der Waals surface area contributed by atoms with E-state index in [1.807, 2.05) is 42.5 Å². The second-order valence-electron chi connectivity index (χ2n) is 6.24. The largest absolute Gasteiger partial charge is 0.477 e. The van der Waals surface area contributed by atoms with Crippen LogP contribution in [0.15, 0.2) is 60.8 Å². The van der Waals surface area contributed by atoms with Gasteiger partial charge in [0.2, 0.25) is 5.95 Å². The number of carboxylic acid groups (broad SMARTS) is 1. The van der Waals surface area contributed by atoms with Crippen molar-refractivity contribution in [2.75, 3.05) is 0 Å². The molecule has 0 aliphatic heterocycles. The van der Waals surface area contributed by atoms with Gasteiger partial charge in [0.05, 0.1) is 17.8 Å². The number of pyridine rings is 1. The fraction of sp³-hybridized carbons (Fsp3) is 0.0952. The summed E-state index contributed by atoms with van der Waals surface area (Å²) < 4.78 is 15.8. The number of benzene rings is 2. The van der Waals surface area contributed by atoms with Crippen LogP contribution >= 0.6 is 0 Å². The Morgan fingerprint density at radius 2 is 1.89 bits per heavy atom. The topological polar surface area (TPSA) is 68.0 Å². The minimum absolute atomic E-state index is 0.0428. The number of fused-ring (bicyclic) bond motifs is 1. The van der Waals surface area contributed by atoms with Crippen LogP contribution in [0.25, 0.3) is 22.2 Å². The Labute approximate surface area is 154 Å². The van der Waals surface area contributed by atoms with Crippen molar-refractivity contribution in [3.8, 4) is 11.4 Å². The van der Waals surface area contributed by atoms with E-state index in [-0.39, 0.29) is 23.6 Å². The molecule has 0 aliphatic carbocycles. The third-order valence-corrected chi connectivity index (χ3v) is 4.55. The summed E-state index contributed by atoms with van der Waals surface area (Å²) >= 11 is 0. The predicted molar refractivity (Wildman–Crippen MR) is 100 cm³/mol. The number of hydrogen-bond acceptors (Lipinski definition) is 3. The molecule has 2 aromatic heterocycles. The van der Waals surface area contributed by atoms with E-state index in [9.17, 15) is 14.3 Å². The number of rotatable bonds is 4. The van der Waals surface area contributed by atoms with Crippen molar-refractivity contribution in [2.45, 2.75) is 13.5 Å². The molecule has 1 N–H and O–H groups in total. The molecule has 0 amide bonds. The van der Waals surface area contributed by atoms with E-state index in [1.54, 1.807) is 23.6 Å². The van der Waals surface area contributed by atoms with Gasteiger partial charge in [-0.3, -0.25) is 0 Å². The van der Waals surface area contributed by atoms with Crippen LogP contribution in [0.5, 0.6) is 0 Å². The first-order valence-corrected chi connectivity index (χ1v) is 8.44. The zero-order valence-electron chi connectivity index (χ0n) is 14.6. The van der Waals surface area contributed by atoms with Crippen molar-refractivity contribution in [3.05, 3.63) is 83.7 Å². The highest BCUT2D eigenvalue weighted by Crippen LogP contribution is 2.27. The van der Waals surface area contributed by atoms with Crippen molar-refractivity contribution >= 4 is 16.7 Å². The highest BCUT2D eigenvalue weighted by molar-refractivity contribution is 5.89. The van der Waals surface area contributed by atoms with Crippen LogP contribution in [0.2, 0.25) is 0 Å². The number of aromatic carboxylic acids is 1. The van der Waals surface area contributed by atoms with Crippen molar-refractivity contribution in [3.63, 3.8) is 0 Å². The van der Waals surface area contributed by atoms with E-state index in [0.29, 0.717) is 5.69 Å². The zero-order chi connectivity index (χ0) is 19.0. The van der Waals surface area contributed by atoms with E-state index >= 15 is 0 Å². The van der Waals surface area contributed by atoms with E-state index in [1.165, 1.54) is 6.20 Å². The standard InChI is InChI=1S/C21H16FN3O2/c1-13-18(21(26)27)25(20(24-13)17-10-5-11-23-19(17)22)12-15-8-4-7-14-6-2-3-9-16(14)15/h2-11H,12H2,1H3,(H,26,27). The second kappa shape index (κ2) is 6.64. The second-order valence-corrected chi connectivity index (χ2v) is 6.24. The molecule has 0 spiro atoms. The number of carboxylic acids is 1. The van der Waals surface area contributed by atoms with Gasteiger partial charge in [0.1, 0.15) is 5.82 Å². The molecule has 4 rings (SSSR count). The molecule has 6 heteroatoms. The lowest BCUT2D eigenvalue weighted by Crippen LogP contribution is -2.12.